The third-order valence-electron chi connectivity index (χ3n) is 1.68. The van der Waals surface area contributed by atoms with Crippen molar-refractivity contribution >= 4 is 6.29 Å². The van der Waals surface area contributed by atoms with Crippen LogP contribution >= 0.6 is 0 Å². The molecule has 3 heteroatoms. The third-order valence-corrected chi connectivity index (χ3v) is 1.68. The lowest BCUT2D eigenvalue weighted by Gasteiger charge is -2.22. The van der Waals surface area contributed by atoms with Crippen molar-refractivity contribution in [2.45, 2.75) is 32.0 Å². The topological polar surface area (TPSA) is 35.5 Å². The van der Waals surface area contributed by atoms with E-state index in [2.05, 4.69) is 0 Å². The molecule has 0 saturated carbocycles. The molecule has 1 heterocycles. The van der Waals surface area contributed by atoms with E-state index >= 15 is 0 Å². The zero-order chi connectivity index (χ0) is 7.94. The van der Waals surface area contributed by atoms with Crippen molar-refractivity contribution in [3.63, 3.8) is 0 Å². The molecule has 11 heavy (non-hydrogen) atoms. The van der Waals surface area contributed by atoms with Crippen LogP contribution in [0.5, 0.6) is 0 Å². The van der Waals surface area contributed by atoms with Crippen molar-refractivity contribution in [3.05, 3.63) is 0 Å². The summed E-state index contributed by atoms with van der Waals surface area (Å²) in [4.78, 5) is 9.93. The Morgan fingerprint density at radius 1 is 1.55 bits per heavy atom. The van der Waals surface area contributed by atoms with Crippen LogP contribution in [0, 0.1) is 0 Å². The van der Waals surface area contributed by atoms with Crippen LogP contribution in [0.3, 0.4) is 0 Å². The molecule has 1 saturated heterocycles. The summed E-state index contributed by atoms with van der Waals surface area (Å²) in [6, 6.07) is 0. The molecule has 0 bridgehead atoms. The zero-order valence-electron chi connectivity index (χ0n) is 6.62. The fourth-order valence-corrected chi connectivity index (χ4v) is 1.09. The van der Waals surface area contributed by atoms with E-state index in [0.717, 1.165) is 25.7 Å². The van der Waals surface area contributed by atoms with E-state index in [4.69, 9.17) is 9.47 Å². The summed E-state index contributed by atoms with van der Waals surface area (Å²) in [5, 5.41) is 0. The van der Waals surface area contributed by atoms with Gasteiger partial charge in [0.1, 0.15) is 6.29 Å². The average molecular weight is 158 g/mol. The zero-order valence-corrected chi connectivity index (χ0v) is 6.62. The average Bonchev–Trinajstić information content (AvgIpc) is 2.07. The van der Waals surface area contributed by atoms with E-state index in [1.165, 1.54) is 6.42 Å². The molecule has 1 atom stereocenters. The molecule has 1 aliphatic rings. The van der Waals surface area contributed by atoms with Crippen LogP contribution in [-0.4, -0.2) is 25.8 Å². The van der Waals surface area contributed by atoms with E-state index < -0.39 is 0 Å². The van der Waals surface area contributed by atoms with Gasteiger partial charge in [-0.05, 0) is 19.3 Å². The standard InChI is InChI=1S/C8H14O3/c9-5-3-7-11-8-4-1-2-6-10-8/h5,8H,1-4,6-7H2. The van der Waals surface area contributed by atoms with Crippen LogP contribution in [0.4, 0.5) is 0 Å². The van der Waals surface area contributed by atoms with Crippen LogP contribution in [-0.2, 0) is 14.3 Å². The highest BCUT2D eigenvalue weighted by Gasteiger charge is 2.12. The fourth-order valence-electron chi connectivity index (χ4n) is 1.09. The van der Waals surface area contributed by atoms with Crippen LogP contribution in [0.25, 0.3) is 0 Å². The summed E-state index contributed by atoms with van der Waals surface area (Å²) in [6.45, 7) is 1.29. The number of carbonyl (C=O) groups is 1. The van der Waals surface area contributed by atoms with Gasteiger partial charge in [-0.3, -0.25) is 0 Å². The lowest BCUT2D eigenvalue weighted by atomic mass is 10.2. The monoisotopic (exact) mass is 158 g/mol. The minimum atomic E-state index is -0.0521. The second kappa shape index (κ2) is 5.27. The van der Waals surface area contributed by atoms with Crippen molar-refractivity contribution in [1.82, 2.24) is 0 Å². The Morgan fingerprint density at radius 3 is 3.09 bits per heavy atom. The summed E-state index contributed by atoms with van der Waals surface area (Å²) in [6.07, 6.45) is 4.56. The van der Waals surface area contributed by atoms with Gasteiger partial charge in [0, 0.05) is 13.0 Å². The van der Waals surface area contributed by atoms with E-state index in [0.29, 0.717) is 13.0 Å². The Balaban J connectivity index is 2.00. The maximum absolute atomic E-state index is 9.93. The molecule has 1 fully saturated rings. The predicted octanol–water partition coefficient (Wildman–Crippen LogP) is 1.12. The van der Waals surface area contributed by atoms with Crippen molar-refractivity contribution < 1.29 is 14.3 Å². The van der Waals surface area contributed by atoms with Gasteiger partial charge >= 0.3 is 0 Å². The van der Waals surface area contributed by atoms with Crippen molar-refractivity contribution in [2.75, 3.05) is 13.2 Å². The second-order valence-corrected chi connectivity index (χ2v) is 2.62. The second-order valence-electron chi connectivity index (χ2n) is 2.62. The molecule has 0 aliphatic carbocycles. The van der Waals surface area contributed by atoms with Gasteiger partial charge in [-0.15, -0.1) is 0 Å². The third kappa shape index (κ3) is 3.49. The predicted molar refractivity (Wildman–Crippen MR) is 40.2 cm³/mol. The Morgan fingerprint density at radius 2 is 2.45 bits per heavy atom. The number of rotatable bonds is 4. The van der Waals surface area contributed by atoms with Gasteiger partial charge < -0.3 is 14.3 Å². The van der Waals surface area contributed by atoms with Gasteiger partial charge in [-0.1, -0.05) is 0 Å². The van der Waals surface area contributed by atoms with Gasteiger partial charge in [0.15, 0.2) is 6.29 Å². The Labute approximate surface area is 66.7 Å². The summed E-state index contributed by atoms with van der Waals surface area (Å²) in [5.74, 6) is 0. The molecule has 0 spiro atoms. The first-order valence-electron chi connectivity index (χ1n) is 4.10. The van der Waals surface area contributed by atoms with E-state index in [1.807, 2.05) is 0 Å². The largest absolute Gasteiger partial charge is 0.353 e. The highest BCUT2D eigenvalue weighted by molar-refractivity contribution is 5.49. The SMILES string of the molecule is O=CCCOC1CCCCO1. The first-order chi connectivity index (χ1) is 5.43. The minimum Gasteiger partial charge on any atom is -0.353 e. The number of carbonyl (C=O) groups excluding carboxylic acids is 1. The number of hydrogen-bond donors (Lipinski definition) is 0. The molecule has 3 nitrogen and oxygen atoms in total. The number of hydrogen-bond acceptors (Lipinski definition) is 3. The van der Waals surface area contributed by atoms with Crippen LogP contribution in [0.2, 0.25) is 0 Å². The molecule has 1 unspecified atom stereocenters. The Hall–Kier alpha value is -0.410. The maximum atomic E-state index is 9.93. The van der Waals surface area contributed by atoms with Gasteiger partial charge in [0.05, 0.1) is 6.61 Å². The number of ether oxygens (including phenoxy) is 2. The molecule has 0 aromatic carbocycles. The van der Waals surface area contributed by atoms with Crippen LogP contribution < -0.4 is 0 Å². The fraction of sp³-hybridized carbons (Fsp3) is 0.875. The van der Waals surface area contributed by atoms with Crippen molar-refractivity contribution in [1.29, 1.82) is 0 Å². The molecular formula is C8H14O3. The summed E-state index contributed by atoms with van der Waals surface area (Å²) < 4.78 is 10.6. The molecule has 0 aromatic rings. The molecule has 0 N–H and O–H groups in total. The normalized spacial score (nSPS) is 24.9. The van der Waals surface area contributed by atoms with Crippen molar-refractivity contribution in [3.8, 4) is 0 Å². The molecule has 0 aromatic heterocycles. The smallest absolute Gasteiger partial charge is 0.157 e. The maximum Gasteiger partial charge on any atom is 0.157 e. The Bertz CT molecular complexity index is 108. The summed E-state index contributed by atoms with van der Waals surface area (Å²) in [5.41, 5.74) is 0. The highest BCUT2D eigenvalue weighted by atomic mass is 16.7. The first-order valence-corrected chi connectivity index (χ1v) is 4.10. The molecule has 0 amide bonds. The van der Waals surface area contributed by atoms with E-state index in [1.54, 1.807) is 0 Å². The van der Waals surface area contributed by atoms with E-state index in [9.17, 15) is 4.79 Å². The Kier molecular flexibility index (Phi) is 4.16. The van der Waals surface area contributed by atoms with Gasteiger partial charge in [0.2, 0.25) is 0 Å². The van der Waals surface area contributed by atoms with Crippen LogP contribution in [0.15, 0.2) is 0 Å². The number of aldehydes is 1. The molecule has 1 rings (SSSR count). The summed E-state index contributed by atoms with van der Waals surface area (Å²) >= 11 is 0. The molecule has 64 valence electrons. The quantitative estimate of drug-likeness (QED) is 0.454. The minimum absolute atomic E-state index is 0.0521. The highest BCUT2D eigenvalue weighted by Crippen LogP contribution is 2.13. The van der Waals surface area contributed by atoms with Crippen molar-refractivity contribution in [2.24, 2.45) is 0 Å². The molecule has 0 radical (unpaired) electrons. The van der Waals surface area contributed by atoms with E-state index in [-0.39, 0.29) is 6.29 Å². The van der Waals surface area contributed by atoms with Gasteiger partial charge in [-0.2, -0.15) is 0 Å². The molecular weight excluding hydrogens is 144 g/mol. The van der Waals surface area contributed by atoms with Gasteiger partial charge in [0.25, 0.3) is 0 Å². The van der Waals surface area contributed by atoms with Gasteiger partial charge in [-0.25, -0.2) is 0 Å². The molecule has 1 aliphatic heterocycles. The lowest BCUT2D eigenvalue weighted by Crippen LogP contribution is -2.22. The van der Waals surface area contributed by atoms with Crippen LogP contribution in [0.1, 0.15) is 25.7 Å². The lowest BCUT2D eigenvalue weighted by molar-refractivity contribution is -0.162. The first kappa shape index (κ1) is 8.68. The summed E-state index contributed by atoms with van der Waals surface area (Å²) in [7, 11) is 0.